The van der Waals surface area contributed by atoms with Crippen LogP contribution >= 0.6 is 22.9 Å². The number of rotatable bonds is 4. The quantitative estimate of drug-likeness (QED) is 0.630. The zero-order valence-corrected chi connectivity index (χ0v) is 12.3. The second-order valence-corrected chi connectivity index (χ2v) is 6.30. The molecule has 2 rings (SSSR count). The molecule has 0 nitrogen and oxygen atoms in total. The maximum Gasteiger partial charge on any atom is 0.0412 e. The van der Waals surface area contributed by atoms with Crippen LogP contribution in [0.25, 0.3) is 16.5 Å². The zero-order chi connectivity index (χ0) is 13.0. The lowest BCUT2D eigenvalue weighted by atomic mass is 10.1. The number of thiophene rings is 1. The van der Waals surface area contributed by atoms with Crippen LogP contribution in [-0.2, 0) is 0 Å². The molecule has 18 heavy (non-hydrogen) atoms. The highest BCUT2D eigenvalue weighted by Crippen LogP contribution is 2.30. The third kappa shape index (κ3) is 3.72. The molecule has 2 aromatic rings. The minimum absolute atomic E-state index is 0.716. The number of benzene rings is 1. The van der Waals surface area contributed by atoms with Gasteiger partial charge in [0.05, 0.1) is 0 Å². The molecule has 0 aliphatic rings. The lowest BCUT2D eigenvalue weighted by molar-refractivity contribution is 0.665. The number of hydrogen-bond donors (Lipinski definition) is 0. The van der Waals surface area contributed by atoms with Crippen LogP contribution in [0.1, 0.15) is 25.1 Å². The van der Waals surface area contributed by atoms with Crippen molar-refractivity contribution < 1.29 is 0 Å². The molecule has 0 radical (unpaired) electrons. The van der Waals surface area contributed by atoms with Crippen molar-refractivity contribution in [1.82, 2.24) is 0 Å². The van der Waals surface area contributed by atoms with Crippen molar-refractivity contribution in [1.29, 1.82) is 0 Å². The average Bonchev–Trinajstić information content (AvgIpc) is 2.77. The van der Waals surface area contributed by atoms with E-state index in [4.69, 9.17) is 11.6 Å². The van der Waals surface area contributed by atoms with Crippen molar-refractivity contribution in [3.8, 4) is 10.4 Å². The first-order valence-electron chi connectivity index (χ1n) is 6.17. The Bertz CT molecular complexity index is 538. The second kappa shape index (κ2) is 6.21. The Labute approximate surface area is 118 Å². The molecule has 0 atom stereocenters. The molecule has 1 heterocycles. The topological polar surface area (TPSA) is 0 Å². The summed E-state index contributed by atoms with van der Waals surface area (Å²) in [5.74, 6) is 0.716. The van der Waals surface area contributed by atoms with Crippen LogP contribution < -0.4 is 0 Å². The zero-order valence-electron chi connectivity index (χ0n) is 10.7. The second-order valence-electron chi connectivity index (χ2n) is 4.74. The molecular formula is C16H17ClS. The van der Waals surface area contributed by atoms with Crippen LogP contribution in [0.4, 0.5) is 0 Å². The summed E-state index contributed by atoms with van der Waals surface area (Å²) in [4.78, 5) is 2.56. The molecule has 94 valence electrons. The van der Waals surface area contributed by atoms with E-state index in [0.717, 1.165) is 11.4 Å². The summed E-state index contributed by atoms with van der Waals surface area (Å²) >= 11 is 7.81. The van der Waals surface area contributed by atoms with Gasteiger partial charge in [-0.3, -0.25) is 0 Å². The van der Waals surface area contributed by atoms with Gasteiger partial charge in [-0.15, -0.1) is 11.3 Å². The van der Waals surface area contributed by atoms with Gasteiger partial charge < -0.3 is 0 Å². The molecule has 0 N–H and O–H groups in total. The first kappa shape index (κ1) is 13.4. The van der Waals surface area contributed by atoms with Crippen molar-refractivity contribution in [3.63, 3.8) is 0 Å². The Morgan fingerprint density at radius 1 is 1.22 bits per heavy atom. The van der Waals surface area contributed by atoms with E-state index < -0.39 is 0 Å². The minimum atomic E-state index is 0.716. The van der Waals surface area contributed by atoms with Gasteiger partial charge >= 0.3 is 0 Å². The molecule has 0 amide bonds. The van der Waals surface area contributed by atoms with E-state index in [-0.39, 0.29) is 0 Å². The monoisotopic (exact) mass is 276 g/mol. The van der Waals surface area contributed by atoms with E-state index in [1.54, 1.807) is 11.3 Å². The predicted molar refractivity (Wildman–Crippen MR) is 83.3 cm³/mol. The van der Waals surface area contributed by atoms with Crippen LogP contribution in [0.15, 0.2) is 42.5 Å². The molecule has 0 aliphatic carbocycles. The van der Waals surface area contributed by atoms with Gasteiger partial charge in [0.25, 0.3) is 0 Å². The Kier molecular flexibility index (Phi) is 4.62. The fraction of sp³-hybridized carbons (Fsp3) is 0.250. The number of hydrogen-bond acceptors (Lipinski definition) is 1. The molecule has 2 heteroatoms. The molecule has 0 spiro atoms. The van der Waals surface area contributed by atoms with Crippen molar-refractivity contribution in [2.75, 3.05) is 0 Å². The molecular weight excluding hydrogens is 260 g/mol. The van der Waals surface area contributed by atoms with Crippen LogP contribution in [0.2, 0.25) is 5.02 Å². The van der Waals surface area contributed by atoms with Gasteiger partial charge in [0, 0.05) is 14.8 Å². The fourth-order valence-corrected chi connectivity index (χ4v) is 2.82. The Balaban J connectivity index is 2.13. The SMILES string of the molecule is CC(C)C/C=C/c1ccc(-c2cccc(Cl)c2)s1. The highest BCUT2D eigenvalue weighted by molar-refractivity contribution is 7.16. The standard InChI is InChI=1S/C16H17ClS/c1-12(2)5-3-8-15-9-10-16(18-15)13-6-4-7-14(17)11-13/h3-4,6-12H,5H2,1-2H3/b8-3+. The number of allylic oxidation sites excluding steroid dienone is 1. The van der Waals surface area contributed by atoms with Crippen molar-refractivity contribution in [2.45, 2.75) is 20.3 Å². The van der Waals surface area contributed by atoms with Crippen LogP contribution in [0.3, 0.4) is 0 Å². The summed E-state index contributed by atoms with van der Waals surface area (Å²) in [6.07, 6.45) is 5.58. The maximum absolute atomic E-state index is 6.01. The molecule has 0 unspecified atom stereocenters. The predicted octanol–water partition coefficient (Wildman–Crippen LogP) is 6.13. The van der Waals surface area contributed by atoms with E-state index in [0.29, 0.717) is 5.92 Å². The van der Waals surface area contributed by atoms with E-state index in [2.05, 4.69) is 44.2 Å². The van der Waals surface area contributed by atoms with Gasteiger partial charge in [0.2, 0.25) is 0 Å². The normalized spacial score (nSPS) is 11.6. The maximum atomic E-state index is 6.01. The van der Waals surface area contributed by atoms with Gasteiger partial charge in [-0.2, -0.15) is 0 Å². The lowest BCUT2D eigenvalue weighted by Crippen LogP contribution is -1.80. The highest BCUT2D eigenvalue weighted by Gasteiger charge is 2.01. The third-order valence-corrected chi connectivity index (χ3v) is 3.96. The van der Waals surface area contributed by atoms with E-state index in [1.807, 2.05) is 18.2 Å². The summed E-state index contributed by atoms with van der Waals surface area (Å²) in [6.45, 7) is 4.46. The van der Waals surface area contributed by atoms with Crippen LogP contribution in [0, 0.1) is 5.92 Å². The van der Waals surface area contributed by atoms with Gasteiger partial charge in [0.15, 0.2) is 0 Å². The molecule has 1 aromatic carbocycles. The smallest absolute Gasteiger partial charge is 0.0412 e. The molecule has 1 aromatic heterocycles. The molecule has 0 saturated heterocycles. The highest BCUT2D eigenvalue weighted by atomic mass is 35.5. The van der Waals surface area contributed by atoms with Crippen molar-refractivity contribution >= 4 is 29.0 Å². The fourth-order valence-electron chi connectivity index (χ4n) is 1.70. The summed E-state index contributed by atoms with van der Waals surface area (Å²) in [5, 5.41) is 0.790. The Morgan fingerprint density at radius 2 is 2.06 bits per heavy atom. The first-order chi connectivity index (χ1) is 8.65. The van der Waals surface area contributed by atoms with Gasteiger partial charge in [-0.05, 0) is 48.2 Å². The minimum Gasteiger partial charge on any atom is -0.136 e. The van der Waals surface area contributed by atoms with E-state index in [9.17, 15) is 0 Å². The van der Waals surface area contributed by atoms with Gasteiger partial charge in [-0.25, -0.2) is 0 Å². The van der Waals surface area contributed by atoms with Gasteiger partial charge in [0.1, 0.15) is 0 Å². The molecule has 0 saturated carbocycles. The first-order valence-corrected chi connectivity index (χ1v) is 7.37. The molecule has 0 fully saturated rings. The van der Waals surface area contributed by atoms with Gasteiger partial charge in [-0.1, -0.05) is 43.7 Å². The third-order valence-electron chi connectivity index (χ3n) is 2.63. The van der Waals surface area contributed by atoms with Crippen LogP contribution in [0.5, 0.6) is 0 Å². The summed E-state index contributed by atoms with van der Waals surface area (Å²) in [7, 11) is 0. The average molecular weight is 277 g/mol. The Morgan fingerprint density at radius 3 is 2.78 bits per heavy atom. The van der Waals surface area contributed by atoms with E-state index in [1.165, 1.54) is 15.3 Å². The summed E-state index contributed by atoms with van der Waals surface area (Å²) < 4.78 is 0. The number of halogens is 1. The summed E-state index contributed by atoms with van der Waals surface area (Å²) in [6, 6.07) is 12.3. The lowest BCUT2D eigenvalue weighted by Gasteiger charge is -1.97. The van der Waals surface area contributed by atoms with Crippen molar-refractivity contribution in [3.05, 3.63) is 52.4 Å². The molecule has 0 aliphatic heterocycles. The largest absolute Gasteiger partial charge is 0.136 e. The van der Waals surface area contributed by atoms with E-state index >= 15 is 0 Å². The molecule has 0 bridgehead atoms. The van der Waals surface area contributed by atoms with Crippen LogP contribution in [-0.4, -0.2) is 0 Å². The Hall–Kier alpha value is -1.05. The van der Waals surface area contributed by atoms with Crippen molar-refractivity contribution in [2.24, 2.45) is 5.92 Å². The summed E-state index contributed by atoms with van der Waals surface area (Å²) in [5.41, 5.74) is 1.19.